The molecule has 38 heavy (non-hydrogen) atoms. The number of hydrogen-bond acceptors (Lipinski definition) is 5. The highest BCUT2D eigenvalue weighted by Crippen LogP contribution is 2.34. The molecule has 0 bridgehead atoms. The average Bonchev–Trinajstić information content (AvgIpc) is 2.90. The number of ether oxygens (including phenoxy) is 2. The summed E-state index contributed by atoms with van der Waals surface area (Å²) in [4.78, 5) is 24.3. The van der Waals surface area contributed by atoms with Gasteiger partial charge in [-0.2, -0.15) is 5.10 Å². The van der Waals surface area contributed by atoms with E-state index in [4.69, 9.17) is 9.47 Å². The van der Waals surface area contributed by atoms with Gasteiger partial charge in [0.05, 0.1) is 12.8 Å². The van der Waals surface area contributed by atoms with Gasteiger partial charge >= 0.3 is 0 Å². The molecule has 7 nitrogen and oxygen atoms in total. The Balaban J connectivity index is 1.61. The zero-order valence-electron chi connectivity index (χ0n) is 22.3. The smallest absolute Gasteiger partial charge is 0.240 e. The molecular weight excluding hydrogens is 478 g/mol. The first kappa shape index (κ1) is 28.2. The Labute approximate surface area is 224 Å². The van der Waals surface area contributed by atoms with Crippen LogP contribution in [0, 0.1) is 13.8 Å². The highest BCUT2D eigenvalue weighted by atomic mass is 16.5. The van der Waals surface area contributed by atoms with Gasteiger partial charge < -0.3 is 14.8 Å². The molecule has 0 saturated heterocycles. The van der Waals surface area contributed by atoms with Gasteiger partial charge in [-0.05, 0) is 62.6 Å². The van der Waals surface area contributed by atoms with Crippen molar-refractivity contribution < 1.29 is 19.1 Å². The molecule has 3 aromatic rings. The first-order chi connectivity index (χ1) is 18.4. The van der Waals surface area contributed by atoms with E-state index in [0.717, 1.165) is 22.3 Å². The maximum atomic E-state index is 12.2. The van der Waals surface area contributed by atoms with Crippen LogP contribution in [0.2, 0.25) is 0 Å². The second-order valence-corrected chi connectivity index (χ2v) is 8.91. The Morgan fingerprint density at radius 2 is 1.58 bits per heavy atom. The summed E-state index contributed by atoms with van der Waals surface area (Å²) < 4.78 is 12.0. The van der Waals surface area contributed by atoms with Crippen molar-refractivity contribution in [2.45, 2.75) is 46.6 Å². The fourth-order valence-electron chi connectivity index (χ4n) is 3.65. The molecule has 2 amide bonds. The number of benzene rings is 3. The molecule has 0 heterocycles. The van der Waals surface area contributed by atoms with Gasteiger partial charge in [0.25, 0.3) is 0 Å². The number of allylic oxidation sites excluding steroid dienone is 1. The molecule has 7 heteroatoms. The minimum Gasteiger partial charge on any atom is -0.490 e. The molecule has 0 aliphatic heterocycles. The number of carbonyl (C=O) groups excluding carboxylic acids is 2. The van der Waals surface area contributed by atoms with E-state index in [9.17, 15) is 9.59 Å². The van der Waals surface area contributed by atoms with Gasteiger partial charge in [-0.25, -0.2) is 5.43 Å². The van der Waals surface area contributed by atoms with Gasteiger partial charge in [-0.1, -0.05) is 53.6 Å². The number of anilines is 1. The van der Waals surface area contributed by atoms with Gasteiger partial charge in [-0.3, -0.25) is 9.59 Å². The molecule has 0 saturated carbocycles. The molecule has 2 N–H and O–H groups in total. The minimum absolute atomic E-state index is 0.0206. The topological polar surface area (TPSA) is 89.0 Å². The summed E-state index contributed by atoms with van der Waals surface area (Å²) in [6.07, 6.45) is 4.00. The summed E-state index contributed by atoms with van der Waals surface area (Å²) in [6.45, 7) is 10.7. The Morgan fingerprint density at radius 3 is 2.24 bits per heavy atom. The summed E-state index contributed by atoms with van der Waals surface area (Å²) >= 11 is 0. The van der Waals surface area contributed by atoms with E-state index in [-0.39, 0.29) is 24.7 Å². The van der Waals surface area contributed by atoms with Crippen molar-refractivity contribution >= 4 is 23.7 Å². The van der Waals surface area contributed by atoms with Crippen molar-refractivity contribution in [2.75, 3.05) is 11.9 Å². The predicted octanol–water partition coefficient (Wildman–Crippen LogP) is 5.88. The second-order valence-electron chi connectivity index (χ2n) is 8.91. The predicted molar refractivity (Wildman–Crippen MR) is 152 cm³/mol. The summed E-state index contributed by atoms with van der Waals surface area (Å²) in [5.74, 6) is 0.673. The molecule has 0 aromatic heterocycles. The van der Waals surface area contributed by atoms with Crippen molar-refractivity contribution in [1.82, 2.24) is 5.43 Å². The summed E-state index contributed by atoms with van der Waals surface area (Å²) in [6, 6.07) is 19.4. The lowest BCUT2D eigenvalue weighted by Gasteiger charge is -2.17. The highest BCUT2D eigenvalue weighted by Gasteiger charge is 2.14. The molecule has 0 fully saturated rings. The highest BCUT2D eigenvalue weighted by molar-refractivity contribution is 5.93. The van der Waals surface area contributed by atoms with Crippen LogP contribution in [0.1, 0.15) is 47.6 Å². The molecule has 0 atom stereocenters. The van der Waals surface area contributed by atoms with Crippen LogP contribution in [0.4, 0.5) is 5.69 Å². The van der Waals surface area contributed by atoms with E-state index in [1.165, 1.54) is 5.56 Å². The van der Waals surface area contributed by atoms with E-state index >= 15 is 0 Å². The van der Waals surface area contributed by atoms with Crippen molar-refractivity contribution in [2.24, 2.45) is 5.10 Å². The van der Waals surface area contributed by atoms with Crippen LogP contribution >= 0.6 is 0 Å². The zero-order chi connectivity index (χ0) is 27.3. The lowest BCUT2D eigenvalue weighted by atomic mass is 10.1. The van der Waals surface area contributed by atoms with Crippen molar-refractivity contribution in [3.8, 4) is 11.5 Å². The zero-order valence-corrected chi connectivity index (χ0v) is 22.3. The monoisotopic (exact) mass is 513 g/mol. The number of amides is 2. The second kappa shape index (κ2) is 14.4. The van der Waals surface area contributed by atoms with Crippen molar-refractivity contribution in [3.05, 3.63) is 101 Å². The molecule has 3 aromatic carbocycles. The fourth-order valence-corrected chi connectivity index (χ4v) is 3.65. The van der Waals surface area contributed by atoms with Crippen LogP contribution in [-0.4, -0.2) is 24.6 Å². The molecule has 0 unspecified atom stereocenters. The third-order valence-corrected chi connectivity index (χ3v) is 5.64. The number of hydrogen-bond donors (Lipinski definition) is 2. The van der Waals surface area contributed by atoms with Crippen LogP contribution in [-0.2, 0) is 22.6 Å². The first-order valence-corrected chi connectivity index (χ1v) is 12.6. The number of hydrazone groups is 1. The van der Waals surface area contributed by atoms with Crippen molar-refractivity contribution in [1.29, 1.82) is 0 Å². The lowest BCUT2D eigenvalue weighted by molar-refractivity contribution is -0.124. The molecule has 198 valence electrons. The normalized spacial score (nSPS) is 10.7. The summed E-state index contributed by atoms with van der Waals surface area (Å²) in [5.41, 5.74) is 8.18. The van der Waals surface area contributed by atoms with Gasteiger partial charge in [0.15, 0.2) is 11.5 Å². The maximum absolute atomic E-state index is 12.2. The lowest BCUT2D eigenvalue weighted by Crippen LogP contribution is -2.20. The van der Waals surface area contributed by atoms with Gasteiger partial charge in [0.2, 0.25) is 11.8 Å². The maximum Gasteiger partial charge on any atom is 0.240 e. The molecule has 3 rings (SSSR count). The number of rotatable bonds is 13. The third kappa shape index (κ3) is 8.92. The third-order valence-electron chi connectivity index (χ3n) is 5.64. The van der Waals surface area contributed by atoms with E-state index < -0.39 is 0 Å². The number of nitrogens with one attached hydrogen (secondary N) is 2. The van der Waals surface area contributed by atoms with E-state index in [0.29, 0.717) is 36.8 Å². The Morgan fingerprint density at radius 1 is 0.921 bits per heavy atom. The van der Waals surface area contributed by atoms with Crippen LogP contribution in [0.15, 0.2) is 78.4 Å². The van der Waals surface area contributed by atoms with E-state index in [1.807, 2.05) is 69.3 Å². The molecule has 0 radical (unpaired) electrons. The number of carbonyl (C=O) groups is 2. The van der Waals surface area contributed by atoms with Crippen LogP contribution in [0.25, 0.3) is 0 Å². The first-order valence-electron chi connectivity index (χ1n) is 12.6. The fraction of sp³-hybridized carbons (Fsp3) is 0.258. The van der Waals surface area contributed by atoms with Crippen LogP contribution in [0.5, 0.6) is 11.5 Å². The Kier molecular flexibility index (Phi) is 10.7. The summed E-state index contributed by atoms with van der Waals surface area (Å²) in [7, 11) is 0. The molecule has 0 aliphatic rings. The minimum atomic E-state index is -0.352. The average molecular weight is 514 g/mol. The van der Waals surface area contributed by atoms with Gasteiger partial charge in [-0.15, -0.1) is 6.58 Å². The number of nitrogens with zero attached hydrogens (tertiary/aromatic N) is 1. The standard InChI is InChI=1S/C31H35N3O4/c1-5-7-26-18-25(19-28(37-6-2)31(26)38-21-24-12-8-22(3)9-13-24)20-32-34-30(36)17-16-29(35)33-27-14-10-23(4)11-15-27/h5,8-15,18-20H,1,6-7,16-17,21H2,2-4H3,(H,33,35)(H,34,36). The Bertz CT molecular complexity index is 1270. The SMILES string of the molecule is C=CCc1cc(C=NNC(=O)CCC(=O)Nc2ccc(C)cc2)cc(OCC)c1OCc1ccc(C)cc1. The van der Waals surface area contributed by atoms with Crippen molar-refractivity contribution in [3.63, 3.8) is 0 Å². The van der Waals surface area contributed by atoms with E-state index in [2.05, 4.69) is 34.6 Å². The molecular formula is C31H35N3O4. The quantitative estimate of drug-likeness (QED) is 0.170. The van der Waals surface area contributed by atoms with Crippen LogP contribution < -0.4 is 20.2 Å². The largest absolute Gasteiger partial charge is 0.490 e. The summed E-state index contributed by atoms with van der Waals surface area (Å²) in [5, 5.41) is 6.85. The van der Waals surface area contributed by atoms with E-state index in [1.54, 1.807) is 12.3 Å². The van der Waals surface area contributed by atoms with Gasteiger partial charge in [0.1, 0.15) is 6.61 Å². The number of aryl methyl sites for hydroxylation is 2. The Hall–Kier alpha value is -4.39. The molecule has 0 spiro atoms. The molecule has 0 aliphatic carbocycles. The van der Waals surface area contributed by atoms with Crippen LogP contribution in [0.3, 0.4) is 0 Å². The van der Waals surface area contributed by atoms with Gasteiger partial charge in [0, 0.05) is 24.1 Å².